The summed E-state index contributed by atoms with van der Waals surface area (Å²) >= 11 is 0. The van der Waals surface area contributed by atoms with Gasteiger partial charge in [0.15, 0.2) is 0 Å². The molecule has 2 heterocycles. The molecular formula is C10H14N2O. The molecule has 0 spiro atoms. The van der Waals surface area contributed by atoms with Gasteiger partial charge < -0.3 is 10.1 Å². The number of nitrogens with one attached hydrogen (secondary N) is 1. The van der Waals surface area contributed by atoms with Gasteiger partial charge in [-0.1, -0.05) is 0 Å². The van der Waals surface area contributed by atoms with Crippen LogP contribution in [0, 0.1) is 0 Å². The predicted molar refractivity (Wildman–Crippen MR) is 51.7 cm³/mol. The van der Waals surface area contributed by atoms with Crippen LogP contribution in [-0.4, -0.2) is 23.7 Å². The lowest BCUT2D eigenvalue weighted by atomic mass is 10.0. The van der Waals surface area contributed by atoms with Crippen LogP contribution in [0.25, 0.3) is 0 Å². The zero-order valence-corrected chi connectivity index (χ0v) is 7.79. The van der Waals surface area contributed by atoms with Crippen LogP contribution < -0.4 is 5.32 Å². The Bertz CT molecular complexity index is 268. The Kier molecular flexibility index (Phi) is 2.19. The second kappa shape index (κ2) is 3.34. The molecular weight excluding hydrogens is 164 g/mol. The molecule has 1 fully saturated rings. The zero-order chi connectivity index (χ0) is 9.15. The van der Waals surface area contributed by atoms with E-state index in [0.29, 0.717) is 0 Å². The maximum absolute atomic E-state index is 5.35. The van der Waals surface area contributed by atoms with Crippen LogP contribution in [-0.2, 0) is 4.74 Å². The number of aromatic nitrogens is 1. The van der Waals surface area contributed by atoms with Crippen LogP contribution in [0.2, 0.25) is 0 Å². The standard InChI is InChI=1S/C10H14N2O/c1-10(4-7-13-8-10)12-9-2-5-11-6-3-9/h2-3,5-6H,4,7-8H2,1H3,(H,11,12). The molecule has 3 heteroatoms. The number of hydrogen-bond donors (Lipinski definition) is 1. The topological polar surface area (TPSA) is 34.2 Å². The van der Waals surface area contributed by atoms with Gasteiger partial charge in [-0.2, -0.15) is 0 Å². The first-order valence-electron chi connectivity index (χ1n) is 4.54. The van der Waals surface area contributed by atoms with E-state index in [0.717, 1.165) is 25.3 Å². The molecule has 1 aromatic heterocycles. The van der Waals surface area contributed by atoms with Gasteiger partial charge in [-0.25, -0.2) is 0 Å². The smallest absolute Gasteiger partial charge is 0.0694 e. The van der Waals surface area contributed by atoms with E-state index in [2.05, 4.69) is 17.2 Å². The maximum Gasteiger partial charge on any atom is 0.0694 e. The Balaban J connectivity index is 2.05. The lowest BCUT2D eigenvalue weighted by Gasteiger charge is -2.24. The van der Waals surface area contributed by atoms with Gasteiger partial charge in [0, 0.05) is 24.7 Å². The van der Waals surface area contributed by atoms with Crippen molar-refractivity contribution in [2.75, 3.05) is 18.5 Å². The van der Waals surface area contributed by atoms with Crippen molar-refractivity contribution in [2.45, 2.75) is 18.9 Å². The number of anilines is 1. The fourth-order valence-corrected chi connectivity index (χ4v) is 1.55. The van der Waals surface area contributed by atoms with Crippen molar-refractivity contribution in [1.29, 1.82) is 0 Å². The molecule has 0 aromatic carbocycles. The van der Waals surface area contributed by atoms with Crippen LogP contribution >= 0.6 is 0 Å². The predicted octanol–water partition coefficient (Wildman–Crippen LogP) is 1.67. The van der Waals surface area contributed by atoms with Crippen molar-refractivity contribution >= 4 is 5.69 Å². The highest BCUT2D eigenvalue weighted by Gasteiger charge is 2.29. The summed E-state index contributed by atoms with van der Waals surface area (Å²) in [5.41, 5.74) is 1.21. The van der Waals surface area contributed by atoms with Crippen molar-refractivity contribution in [3.8, 4) is 0 Å². The third-order valence-electron chi connectivity index (χ3n) is 2.35. The number of rotatable bonds is 2. The molecule has 70 valence electrons. The van der Waals surface area contributed by atoms with Gasteiger partial charge in [-0.15, -0.1) is 0 Å². The largest absolute Gasteiger partial charge is 0.379 e. The van der Waals surface area contributed by atoms with E-state index in [1.165, 1.54) is 0 Å². The minimum absolute atomic E-state index is 0.0986. The number of hydrogen-bond acceptors (Lipinski definition) is 3. The molecule has 0 amide bonds. The lowest BCUT2D eigenvalue weighted by Crippen LogP contribution is -2.34. The molecule has 0 aliphatic carbocycles. The molecule has 2 rings (SSSR count). The zero-order valence-electron chi connectivity index (χ0n) is 7.79. The van der Waals surface area contributed by atoms with E-state index < -0.39 is 0 Å². The maximum atomic E-state index is 5.35. The Labute approximate surface area is 78.1 Å². The fraction of sp³-hybridized carbons (Fsp3) is 0.500. The molecule has 1 N–H and O–H groups in total. The van der Waals surface area contributed by atoms with E-state index >= 15 is 0 Å². The molecule has 13 heavy (non-hydrogen) atoms. The highest BCUT2D eigenvalue weighted by atomic mass is 16.5. The molecule has 1 atom stereocenters. The SMILES string of the molecule is CC1(Nc2ccncc2)CCOC1. The van der Waals surface area contributed by atoms with Crippen LogP contribution in [0.15, 0.2) is 24.5 Å². The van der Waals surface area contributed by atoms with E-state index in [9.17, 15) is 0 Å². The molecule has 1 aliphatic rings. The molecule has 1 unspecified atom stereocenters. The van der Waals surface area contributed by atoms with Gasteiger partial charge >= 0.3 is 0 Å². The Morgan fingerprint density at radius 2 is 2.23 bits per heavy atom. The first-order valence-corrected chi connectivity index (χ1v) is 4.54. The molecule has 0 bridgehead atoms. The van der Waals surface area contributed by atoms with Crippen molar-refractivity contribution in [3.05, 3.63) is 24.5 Å². The number of ether oxygens (including phenoxy) is 1. The highest BCUT2D eigenvalue weighted by molar-refractivity contribution is 5.43. The van der Waals surface area contributed by atoms with E-state index in [4.69, 9.17) is 4.74 Å². The molecule has 3 nitrogen and oxygen atoms in total. The van der Waals surface area contributed by atoms with Crippen molar-refractivity contribution in [1.82, 2.24) is 4.98 Å². The van der Waals surface area contributed by atoms with Crippen LogP contribution in [0.3, 0.4) is 0 Å². The van der Waals surface area contributed by atoms with Crippen LogP contribution in [0.1, 0.15) is 13.3 Å². The Morgan fingerprint density at radius 1 is 1.46 bits per heavy atom. The summed E-state index contributed by atoms with van der Waals surface area (Å²) in [5.74, 6) is 0. The lowest BCUT2D eigenvalue weighted by molar-refractivity contribution is 0.185. The van der Waals surface area contributed by atoms with Crippen LogP contribution in [0.4, 0.5) is 5.69 Å². The first kappa shape index (κ1) is 8.51. The van der Waals surface area contributed by atoms with Gasteiger partial charge in [0.2, 0.25) is 0 Å². The minimum atomic E-state index is 0.0986. The monoisotopic (exact) mass is 178 g/mol. The second-order valence-corrected chi connectivity index (χ2v) is 3.72. The fourth-order valence-electron chi connectivity index (χ4n) is 1.55. The summed E-state index contributed by atoms with van der Waals surface area (Å²) in [6.07, 6.45) is 4.65. The Morgan fingerprint density at radius 3 is 2.85 bits per heavy atom. The summed E-state index contributed by atoms with van der Waals surface area (Å²) in [6.45, 7) is 3.82. The van der Waals surface area contributed by atoms with Gasteiger partial charge in [-0.05, 0) is 25.5 Å². The van der Waals surface area contributed by atoms with Crippen molar-refractivity contribution < 1.29 is 4.74 Å². The molecule has 0 radical (unpaired) electrons. The van der Waals surface area contributed by atoms with E-state index in [1.807, 2.05) is 12.1 Å². The Hall–Kier alpha value is -1.09. The summed E-state index contributed by atoms with van der Waals surface area (Å²) in [5, 5.41) is 3.45. The highest BCUT2D eigenvalue weighted by Crippen LogP contribution is 2.22. The third kappa shape index (κ3) is 1.98. The summed E-state index contributed by atoms with van der Waals surface area (Å²) in [6, 6.07) is 3.95. The average molecular weight is 178 g/mol. The molecule has 1 aromatic rings. The van der Waals surface area contributed by atoms with E-state index in [-0.39, 0.29) is 5.54 Å². The van der Waals surface area contributed by atoms with Crippen molar-refractivity contribution in [2.24, 2.45) is 0 Å². The van der Waals surface area contributed by atoms with Crippen molar-refractivity contribution in [3.63, 3.8) is 0 Å². The first-order chi connectivity index (χ1) is 6.29. The average Bonchev–Trinajstić information content (AvgIpc) is 2.54. The third-order valence-corrected chi connectivity index (χ3v) is 2.35. The summed E-state index contributed by atoms with van der Waals surface area (Å²) in [4.78, 5) is 3.97. The van der Waals surface area contributed by atoms with E-state index in [1.54, 1.807) is 12.4 Å². The number of pyridine rings is 1. The summed E-state index contributed by atoms with van der Waals surface area (Å²) in [7, 11) is 0. The van der Waals surface area contributed by atoms with Gasteiger partial charge in [0.05, 0.1) is 12.1 Å². The molecule has 1 saturated heterocycles. The van der Waals surface area contributed by atoms with Gasteiger partial charge in [-0.3, -0.25) is 4.98 Å². The molecule has 1 aliphatic heterocycles. The molecule has 0 saturated carbocycles. The second-order valence-electron chi connectivity index (χ2n) is 3.72. The summed E-state index contributed by atoms with van der Waals surface area (Å²) < 4.78 is 5.35. The van der Waals surface area contributed by atoms with Crippen LogP contribution in [0.5, 0.6) is 0 Å². The minimum Gasteiger partial charge on any atom is -0.379 e. The number of nitrogens with zero attached hydrogens (tertiary/aromatic N) is 1. The quantitative estimate of drug-likeness (QED) is 0.748. The normalized spacial score (nSPS) is 27.5. The van der Waals surface area contributed by atoms with Gasteiger partial charge in [0.25, 0.3) is 0 Å². The van der Waals surface area contributed by atoms with Gasteiger partial charge in [0.1, 0.15) is 0 Å².